The van der Waals surface area contributed by atoms with E-state index in [4.69, 9.17) is 14.2 Å². The molecule has 1 fully saturated rings. The minimum absolute atomic E-state index is 0.194. The summed E-state index contributed by atoms with van der Waals surface area (Å²) in [5.74, 6) is -2.02. The normalized spacial score (nSPS) is 17.6. The van der Waals surface area contributed by atoms with Gasteiger partial charge in [0.2, 0.25) is 6.10 Å². The number of amides is 2. The predicted molar refractivity (Wildman–Crippen MR) is 120 cm³/mol. The number of carbonyl (C=O) groups is 4. The summed E-state index contributed by atoms with van der Waals surface area (Å²) in [6.45, 7) is 8.35. The first kappa shape index (κ1) is 23.9. The summed E-state index contributed by atoms with van der Waals surface area (Å²) < 4.78 is 16.3. The molecule has 2 amide bonds. The quantitative estimate of drug-likeness (QED) is 0.336. The van der Waals surface area contributed by atoms with E-state index in [1.807, 2.05) is 25.1 Å². The van der Waals surface area contributed by atoms with Gasteiger partial charge in [-0.25, -0.2) is 4.79 Å². The molecule has 2 N–H and O–H groups in total. The lowest BCUT2D eigenvalue weighted by atomic mass is 10.00. The van der Waals surface area contributed by atoms with Gasteiger partial charge in [-0.15, -0.1) is 0 Å². The Balaban J connectivity index is 1.83. The summed E-state index contributed by atoms with van der Waals surface area (Å²) >= 11 is 0. The number of benzene rings is 2. The van der Waals surface area contributed by atoms with Crippen molar-refractivity contribution in [2.75, 3.05) is 20.3 Å². The lowest BCUT2D eigenvalue weighted by molar-refractivity contribution is -0.133. The Hall–Kier alpha value is -3.72. The predicted octanol–water partition coefficient (Wildman–Crippen LogP) is 1.81. The molecule has 9 heteroatoms. The van der Waals surface area contributed by atoms with E-state index in [2.05, 4.69) is 17.2 Å². The van der Waals surface area contributed by atoms with Gasteiger partial charge in [-0.05, 0) is 49.2 Å². The number of carbonyl (C=O) groups excluding carboxylic acids is 4. The first-order chi connectivity index (χ1) is 15.6. The van der Waals surface area contributed by atoms with Crippen LogP contribution in [0.5, 0.6) is 5.75 Å². The van der Waals surface area contributed by atoms with Crippen LogP contribution in [0.3, 0.4) is 0 Å². The Morgan fingerprint density at radius 3 is 2.52 bits per heavy atom. The van der Waals surface area contributed by atoms with Crippen LogP contribution in [0, 0.1) is 6.92 Å². The standard InChI is InChI=1S/C24H26N2O7/c1-13-7-6-8-17-18(13)9-16(31-5)10-19(17)23(30)33-20(24(4)12-32-24)22(29)26-15(3)21(28)25-11-14(2)27/h6-10,20H,3,11-12H2,1-2,4-5H3,(H,25,28)(H,26,29)/t20-,24-/m1/s1. The third-order valence-electron chi connectivity index (χ3n) is 5.31. The van der Waals surface area contributed by atoms with E-state index in [1.165, 1.54) is 14.0 Å². The monoisotopic (exact) mass is 454 g/mol. The number of ketones is 1. The number of aryl methyl sites for hydroxylation is 1. The van der Waals surface area contributed by atoms with Crippen molar-refractivity contribution in [3.05, 3.63) is 53.7 Å². The first-order valence-corrected chi connectivity index (χ1v) is 10.3. The fourth-order valence-electron chi connectivity index (χ4n) is 3.27. The van der Waals surface area contributed by atoms with Crippen LogP contribution < -0.4 is 15.4 Å². The van der Waals surface area contributed by atoms with Crippen molar-refractivity contribution in [2.45, 2.75) is 32.5 Å². The molecular formula is C24H26N2O7. The van der Waals surface area contributed by atoms with Crippen LogP contribution in [-0.4, -0.2) is 55.5 Å². The second kappa shape index (κ2) is 9.41. The number of fused-ring (bicyclic) bond motifs is 1. The second-order valence-electron chi connectivity index (χ2n) is 8.08. The smallest absolute Gasteiger partial charge is 0.339 e. The van der Waals surface area contributed by atoms with Crippen LogP contribution >= 0.6 is 0 Å². The van der Waals surface area contributed by atoms with Crippen LogP contribution in [0.1, 0.15) is 29.8 Å². The lowest BCUT2D eigenvalue weighted by Gasteiger charge is -2.22. The van der Waals surface area contributed by atoms with Gasteiger partial charge in [-0.3, -0.25) is 14.4 Å². The summed E-state index contributed by atoms with van der Waals surface area (Å²) in [6.07, 6.45) is -1.34. The molecular weight excluding hydrogens is 428 g/mol. The summed E-state index contributed by atoms with van der Waals surface area (Å²) in [6, 6.07) is 8.88. The Bertz CT molecular complexity index is 1150. The Morgan fingerprint density at radius 1 is 1.21 bits per heavy atom. The number of esters is 1. The minimum atomic E-state index is -1.34. The average Bonchev–Trinajstić information content (AvgIpc) is 3.52. The Morgan fingerprint density at radius 2 is 1.91 bits per heavy atom. The van der Waals surface area contributed by atoms with Crippen LogP contribution in [0.4, 0.5) is 0 Å². The molecule has 0 radical (unpaired) electrons. The van der Waals surface area contributed by atoms with Gasteiger partial charge in [0.25, 0.3) is 11.8 Å². The van der Waals surface area contributed by atoms with Crippen molar-refractivity contribution in [1.29, 1.82) is 0 Å². The summed E-state index contributed by atoms with van der Waals surface area (Å²) in [4.78, 5) is 49.1. The zero-order valence-electron chi connectivity index (χ0n) is 18.9. The highest BCUT2D eigenvalue weighted by atomic mass is 16.6. The minimum Gasteiger partial charge on any atom is -0.497 e. The van der Waals surface area contributed by atoms with Gasteiger partial charge in [-0.2, -0.15) is 0 Å². The number of nitrogens with one attached hydrogen (secondary N) is 2. The van der Waals surface area contributed by atoms with Crippen LogP contribution in [-0.2, 0) is 23.9 Å². The highest BCUT2D eigenvalue weighted by Gasteiger charge is 2.53. The van der Waals surface area contributed by atoms with E-state index in [9.17, 15) is 19.2 Å². The van der Waals surface area contributed by atoms with E-state index < -0.39 is 29.5 Å². The van der Waals surface area contributed by atoms with Crippen LogP contribution in [0.25, 0.3) is 10.8 Å². The van der Waals surface area contributed by atoms with E-state index in [0.717, 1.165) is 10.9 Å². The third-order valence-corrected chi connectivity index (χ3v) is 5.31. The molecule has 0 spiro atoms. The van der Waals surface area contributed by atoms with Gasteiger partial charge in [0.05, 0.1) is 31.5 Å². The molecule has 0 aromatic heterocycles. The number of methoxy groups -OCH3 is 1. The number of hydrogen-bond acceptors (Lipinski definition) is 7. The van der Waals surface area contributed by atoms with Gasteiger partial charge in [0.15, 0.2) is 0 Å². The molecule has 0 unspecified atom stereocenters. The maximum absolute atomic E-state index is 13.2. The van der Waals surface area contributed by atoms with Crippen molar-refractivity contribution in [3.63, 3.8) is 0 Å². The lowest BCUT2D eigenvalue weighted by Crippen LogP contribution is -2.47. The zero-order chi connectivity index (χ0) is 24.3. The number of rotatable bonds is 9. The zero-order valence-corrected chi connectivity index (χ0v) is 18.9. The second-order valence-corrected chi connectivity index (χ2v) is 8.08. The van der Waals surface area contributed by atoms with E-state index in [1.54, 1.807) is 19.1 Å². The molecule has 1 aliphatic heterocycles. The molecule has 0 aliphatic carbocycles. The number of hydrogen-bond donors (Lipinski definition) is 2. The molecule has 1 heterocycles. The molecule has 2 aromatic rings. The molecule has 9 nitrogen and oxygen atoms in total. The van der Waals surface area contributed by atoms with Crippen molar-refractivity contribution >= 4 is 34.3 Å². The van der Waals surface area contributed by atoms with Gasteiger partial charge in [0.1, 0.15) is 17.1 Å². The van der Waals surface area contributed by atoms with Gasteiger partial charge < -0.3 is 24.8 Å². The number of epoxide rings is 1. The Labute approximate surface area is 191 Å². The molecule has 1 saturated heterocycles. The molecule has 0 bridgehead atoms. The van der Waals surface area contributed by atoms with Gasteiger partial charge >= 0.3 is 5.97 Å². The maximum Gasteiger partial charge on any atom is 0.339 e. The summed E-state index contributed by atoms with van der Waals surface area (Å²) in [5.41, 5.74) is -0.150. The van der Waals surface area contributed by atoms with Crippen LogP contribution in [0.15, 0.2) is 42.6 Å². The number of ether oxygens (including phenoxy) is 3. The van der Waals surface area contributed by atoms with Crippen molar-refractivity contribution in [1.82, 2.24) is 10.6 Å². The molecule has 33 heavy (non-hydrogen) atoms. The topological polar surface area (TPSA) is 123 Å². The van der Waals surface area contributed by atoms with E-state index in [0.29, 0.717) is 11.1 Å². The van der Waals surface area contributed by atoms with Gasteiger partial charge in [0, 0.05) is 0 Å². The largest absolute Gasteiger partial charge is 0.497 e. The molecule has 2 aromatic carbocycles. The van der Waals surface area contributed by atoms with Gasteiger partial charge in [-0.1, -0.05) is 24.8 Å². The highest BCUT2D eigenvalue weighted by molar-refractivity contribution is 6.07. The van der Waals surface area contributed by atoms with Crippen molar-refractivity contribution in [2.24, 2.45) is 0 Å². The fraction of sp³-hybridized carbons (Fsp3) is 0.333. The number of Topliss-reactive ketones (excluding diaryl/α,β-unsaturated/α-hetero) is 1. The molecule has 2 atom stereocenters. The maximum atomic E-state index is 13.2. The highest BCUT2D eigenvalue weighted by Crippen LogP contribution is 2.34. The third kappa shape index (κ3) is 5.38. The van der Waals surface area contributed by atoms with E-state index in [-0.39, 0.29) is 30.2 Å². The van der Waals surface area contributed by atoms with Crippen molar-refractivity contribution < 1.29 is 33.4 Å². The van der Waals surface area contributed by atoms with Crippen molar-refractivity contribution in [3.8, 4) is 5.75 Å². The Kier molecular flexibility index (Phi) is 6.83. The summed E-state index contributed by atoms with van der Waals surface area (Å²) in [7, 11) is 1.49. The summed E-state index contributed by atoms with van der Waals surface area (Å²) in [5, 5.41) is 6.13. The van der Waals surface area contributed by atoms with Crippen LogP contribution in [0.2, 0.25) is 0 Å². The molecule has 1 aliphatic rings. The fourth-order valence-corrected chi connectivity index (χ4v) is 3.27. The molecule has 3 rings (SSSR count). The molecule has 174 valence electrons. The molecule has 0 saturated carbocycles. The SMILES string of the molecule is C=C(NC(=O)[C@@H](OC(=O)c1cc(OC)cc2c(C)cccc12)[C@@]1(C)CO1)C(=O)NCC(C)=O. The average molecular weight is 454 g/mol. The van der Waals surface area contributed by atoms with E-state index >= 15 is 0 Å². The first-order valence-electron chi connectivity index (χ1n) is 10.3.